The molecule has 0 aliphatic carbocycles. The number of rotatable bonds is 3. The lowest BCUT2D eigenvalue weighted by Gasteiger charge is -2.17. The molecule has 0 fully saturated rings. The monoisotopic (exact) mass is 418 g/mol. The Labute approximate surface area is 175 Å². The second-order valence-corrected chi connectivity index (χ2v) is 8.48. The third kappa shape index (κ3) is 5.96. The minimum atomic E-state index is -0.866. The number of carboxylic acids is 1. The fourth-order valence-electron chi connectivity index (χ4n) is 2.91. The predicted octanol–water partition coefficient (Wildman–Crippen LogP) is 6.53. The van der Waals surface area contributed by atoms with E-state index in [2.05, 4.69) is 0 Å². The van der Waals surface area contributed by atoms with Gasteiger partial charge in [-0.3, -0.25) is 4.79 Å². The summed E-state index contributed by atoms with van der Waals surface area (Å²) in [6.07, 6.45) is -0.0506. The molecule has 0 radical (unpaired) electrons. The van der Waals surface area contributed by atoms with Gasteiger partial charge >= 0.3 is 5.97 Å². The largest absolute Gasteiger partial charge is 0.481 e. The van der Waals surface area contributed by atoms with Gasteiger partial charge in [-0.05, 0) is 67.3 Å². The molecular weight excluding hydrogens is 395 g/mol. The van der Waals surface area contributed by atoms with Crippen LogP contribution in [0.2, 0.25) is 10.0 Å². The molecule has 0 saturated heterocycles. The number of aliphatic carboxylic acids is 1. The van der Waals surface area contributed by atoms with E-state index in [-0.39, 0.29) is 6.42 Å². The van der Waals surface area contributed by atoms with Crippen molar-refractivity contribution in [1.29, 1.82) is 0 Å². The van der Waals surface area contributed by atoms with Crippen molar-refractivity contribution < 1.29 is 15.0 Å². The van der Waals surface area contributed by atoms with Gasteiger partial charge in [0.25, 0.3) is 0 Å². The number of aryl methyl sites for hydroxylation is 1. The van der Waals surface area contributed by atoms with E-state index in [1.54, 1.807) is 32.9 Å². The minimum Gasteiger partial charge on any atom is -0.481 e. The Morgan fingerprint density at radius 3 is 2.21 bits per heavy atom. The normalized spacial score (nSPS) is 11.1. The molecule has 2 N–H and O–H groups in total. The molecule has 0 saturated carbocycles. The minimum absolute atomic E-state index is 0.0506. The molecule has 0 spiro atoms. The van der Waals surface area contributed by atoms with Gasteiger partial charge in [-0.1, -0.05) is 59.6 Å². The van der Waals surface area contributed by atoms with Gasteiger partial charge in [-0.2, -0.15) is 0 Å². The topological polar surface area (TPSA) is 57.5 Å². The van der Waals surface area contributed by atoms with E-state index in [4.69, 9.17) is 28.3 Å². The lowest BCUT2D eigenvalue weighted by Crippen LogP contribution is -2.10. The zero-order chi connectivity index (χ0) is 21.1. The summed E-state index contributed by atoms with van der Waals surface area (Å²) in [4.78, 5) is 11.3. The maximum atomic E-state index is 11.3. The van der Waals surface area contributed by atoms with Crippen LogP contribution < -0.4 is 0 Å². The van der Waals surface area contributed by atoms with Gasteiger partial charge in [-0.25, -0.2) is 0 Å². The number of hydrogen-bond donors (Lipinski definition) is 2. The zero-order valence-electron chi connectivity index (χ0n) is 16.4. The Morgan fingerprint density at radius 1 is 1.04 bits per heavy atom. The second-order valence-electron chi connectivity index (χ2n) is 7.63. The lowest BCUT2D eigenvalue weighted by atomic mass is 9.88. The molecule has 148 valence electrons. The van der Waals surface area contributed by atoms with Crippen molar-refractivity contribution >= 4 is 39.9 Å². The highest BCUT2D eigenvalue weighted by Gasteiger charge is 2.17. The van der Waals surface area contributed by atoms with E-state index < -0.39 is 11.6 Å². The van der Waals surface area contributed by atoms with Gasteiger partial charge in [0.1, 0.15) is 0 Å². The van der Waals surface area contributed by atoms with E-state index in [0.29, 0.717) is 10.0 Å². The molecule has 3 rings (SSSR count). The number of hydrogen-bond acceptors (Lipinski definition) is 2. The highest BCUT2D eigenvalue weighted by atomic mass is 35.5. The fourth-order valence-corrected chi connectivity index (χ4v) is 3.41. The number of aliphatic hydroxyl groups is 1. The maximum Gasteiger partial charge on any atom is 0.307 e. The molecule has 5 heteroatoms. The summed E-state index contributed by atoms with van der Waals surface area (Å²) in [7, 11) is 0. The molecule has 0 aliphatic heterocycles. The van der Waals surface area contributed by atoms with Crippen molar-refractivity contribution in [2.45, 2.75) is 39.7 Å². The van der Waals surface area contributed by atoms with Crippen LogP contribution in [0.15, 0.2) is 48.5 Å². The van der Waals surface area contributed by atoms with Crippen LogP contribution in [0.1, 0.15) is 31.9 Å². The summed E-state index contributed by atoms with van der Waals surface area (Å²) < 4.78 is 0. The maximum absolute atomic E-state index is 11.3. The Kier molecular flexibility index (Phi) is 7.11. The van der Waals surface area contributed by atoms with Crippen molar-refractivity contribution in [1.82, 2.24) is 0 Å². The third-order valence-corrected chi connectivity index (χ3v) is 4.46. The smallest absolute Gasteiger partial charge is 0.307 e. The van der Waals surface area contributed by atoms with Crippen LogP contribution in [-0.2, 0) is 11.2 Å². The van der Waals surface area contributed by atoms with E-state index >= 15 is 0 Å². The Balaban J connectivity index is 0.000000500. The molecule has 0 amide bonds. The summed E-state index contributed by atoms with van der Waals surface area (Å²) in [5.74, 6) is -0.866. The van der Waals surface area contributed by atoms with E-state index in [0.717, 1.165) is 33.0 Å². The van der Waals surface area contributed by atoms with Crippen molar-refractivity contribution in [3.05, 3.63) is 69.7 Å². The van der Waals surface area contributed by atoms with E-state index in [9.17, 15) is 9.90 Å². The molecule has 3 nitrogen and oxygen atoms in total. The van der Waals surface area contributed by atoms with Crippen LogP contribution in [0.5, 0.6) is 0 Å². The SMILES string of the molecule is CC(C)(C)O.Cc1cc2ccccc2c(-c2ccc(Cl)cc2Cl)c1CC(=O)O. The molecular formula is C23H24Cl2O3. The highest BCUT2D eigenvalue weighted by molar-refractivity contribution is 6.36. The Hall–Kier alpha value is -2.07. The Bertz CT molecular complexity index is 999. The van der Waals surface area contributed by atoms with Crippen molar-refractivity contribution in [3.8, 4) is 11.1 Å². The Morgan fingerprint density at radius 2 is 1.64 bits per heavy atom. The van der Waals surface area contributed by atoms with Crippen LogP contribution in [0.4, 0.5) is 0 Å². The summed E-state index contributed by atoms with van der Waals surface area (Å²) in [6, 6.07) is 15.2. The van der Waals surface area contributed by atoms with Crippen molar-refractivity contribution in [3.63, 3.8) is 0 Å². The molecule has 0 unspecified atom stereocenters. The number of carboxylic acid groups (broad SMARTS) is 1. The molecule has 0 aliphatic rings. The second kappa shape index (κ2) is 8.95. The first kappa shape index (κ1) is 22.2. The molecule has 3 aromatic rings. The summed E-state index contributed by atoms with van der Waals surface area (Å²) in [5, 5.41) is 20.9. The van der Waals surface area contributed by atoms with Crippen LogP contribution in [-0.4, -0.2) is 21.8 Å². The number of fused-ring (bicyclic) bond motifs is 1. The fraction of sp³-hybridized carbons (Fsp3) is 0.261. The summed E-state index contributed by atoms with van der Waals surface area (Å²) >= 11 is 12.4. The average Bonchev–Trinajstić information content (AvgIpc) is 2.54. The highest BCUT2D eigenvalue weighted by Crippen LogP contribution is 2.39. The lowest BCUT2D eigenvalue weighted by molar-refractivity contribution is -0.136. The summed E-state index contributed by atoms with van der Waals surface area (Å²) in [6.45, 7) is 7.16. The van der Waals surface area contributed by atoms with Crippen molar-refractivity contribution in [2.75, 3.05) is 0 Å². The quantitative estimate of drug-likeness (QED) is 0.508. The van der Waals surface area contributed by atoms with Gasteiger partial charge in [-0.15, -0.1) is 0 Å². The number of carbonyl (C=O) groups is 1. The van der Waals surface area contributed by atoms with E-state index in [1.165, 1.54) is 0 Å². The van der Waals surface area contributed by atoms with Gasteiger partial charge in [0, 0.05) is 15.6 Å². The van der Waals surface area contributed by atoms with Crippen LogP contribution in [0, 0.1) is 6.92 Å². The predicted molar refractivity (Wildman–Crippen MR) is 117 cm³/mol. The van der Waals surface area contributed by atoms with Gasteiger partial charge in [0.2, 0.25) is 0 Å². The first-order valence-electron chi connectivity index (χ1n) is 8.88. The van der Waals surface area contributed by atoms with Crippen LogP contribution in [0.3, 0.4) is 0 Å². The molecule has 0 heterocycles. The number of halogens is 2. The van der Waals surface area contributed by atoms with Crippen LogP contribution >= 0.6 is 23.2 Å². The summed E-state index contributed by atoms with van der Waals surface area (Å²) in [5.41, 5.74) is 2.88. The van der Waals surface area contributed by atoms with Crippen molar-refractivity contribution in [2.24, 2.45) is 0 Å². The van der Waals surface area contributed by atoms with Gasteiger partial charge < -0.3 is 10.2 Å². The number of benzene rings is 3. The van der Waals surface area contributed by atoms with Gasteiger partial charge in [0.05, 0.1) is 12.0 Å². The first-order chi connectivity index (χ1) is 13.0. The average molecular weight is 419 g/mol. The first-order valence-corrected chi connectivity index (χ1v) is 9.64. The molecule has 28 heavy (non-hydrogen) atoms. The molecule has 3 aromatic carbocycles. The van der Waals surface area contributed by atoms with Gasteiger partial charge in [0.15, 0.2) is 0 Å². The van der Waals surface area contributed by atoms with E-state index in [1.807, 2.05) is 43.3 Å². The molecule has 0 aromatic heterocycles. The third-order valence-electron chi connectivity index (χ3n) is 3.91. The van der Waals surface area contributed by atoms with Crippen LogP contribution in [0.25, 0.3) is 21.9 Å². The zero-order valence-corrected chi connectivity index (χ0v) is 17.9. The molecule has 0 bridgehead atoms. The molecule has 0 atom stereocenters. The standard InChI is InChI=1S/C19H14Cl2O2.C4H10O/c1-11-8-12-4-2-3-5-14(12)19(16(11)10-18(22)23)15-7-6-13(20)9-17(15)21;1-4(2,3)5/h2-9H,10H2,1H3,(H,22,23);5H,1-3H3.